The fourth-order valence-corrected chi connectivity index (χ4v) is 10.4. The second-order valence-corrected chi connectivity index (χ2v) is 24.6. The van der Waals surface area contributed by atoms with Gasteiger partial charge in [-0.05, 0) is 12.8 Å². The Morgan fingerprint density at radius 2 is 0.625 bits per heavy atom. The van der Waals surface area contributed by atoms with Gasteiger partial charge in [-0.1, -0.05) is 309 Å². The molecule has 0 aliphatic rings. The standard InChI is InChI=1S/C62H124NO8P/c1-6-8-10-12-14-16-18-20-21-22-23-24-25-26-27-28-29-30-31-32-33-34-35-36-37-38-39-40-41-43-45-47-49-51-53-55-62(65)71-60(59-70-72(66,67)69-57-56-63(3,4)5)58-68-61(64)54-52-50-48-46-44-42-19-17-15-13-11-9-7-2/h60H,6-59H2,1-5H3. The number of likely N-dealkylation sites (N-methyl/N-ethyl adjacent to an activating group) is 1. The van der Waals surface area contributed by atoms with Gasteiger partial charge < -0.3 is 27.9 Å². The van der Waals surface area contributed by atoms with Crippen molar-refractivity contribution in [3.8, 4) is 0 Å². The van der Waals surface area contributed by atoms with Crippen LogP contribution >= 0.6 is 7.82 Å². The minimum Gasteiger partial charge on any atom is -0.756 e. The number of unbranched alkanes of at least 4 members (excludes halogenated alkanes) is 46. The average molecular weight is 1040 g/mol. The molecule has 2 atom stereocenters. The van der Waals surface area contributed by atoms with Crippen molar-refractivity contribution in [2.75, 3.05) is 47.5 Å². The first-order valence-corrected chi connectivity index (χ1v) is 33.2. The van der Waals surface area contributed by atoms with E-state index in [-0.39, 0.29) is 32.0 Å². The van der Waals surface area contributed by atoms with Gasteiger partial charge in [-0.2, -0.15) is 0 Å². The molecule has 0 rings (SSSR count). The van der Waals surface area contributed by atoms with Crippen molar-refractivity contribution in [1.29, 1.82) is 0 Å². The van der Waals surface area contributed by atoms with Crippen molar-refractivity contribution in [3.63, 3.8) is 0 Å². The molecule has 2 unspecified atom stereocenters. The Morgan fingerprint density at radius 1 is 0.375 bits per heavy atom. The molecule has 10 heteroatoms. The second-order valence-electron chi connectivity index (χ2n) is 23.1. The monoisotopic (exact) mass is 1040 g/mol. The largest absolute Gasteiger partial charge is 0.756 e. The number of ether oxygens (including phenoxy) is 2. The first kappa shape index (κ1) is 71.0. The lowest BCUT2D eigenvalue weighted by Crippen LogP contribution is -2.37. The molecule has 430 valence electrons. The van der Waals surface area contributed by atoms with Gasteiger partial charge in [0.15, 0.2) is 6.10 Å². The Hall–Kier alpha value is -0.990. The van der Waals surface area contributed by atoms with Crippen LogP contribution in [0.5, 0.6) is 0 Å². The molecule has 0 saturated heterocycles. The normalized spacial score (nSPS) is 13.1. The molecule has 0 saturated carbocycles. The van der Waals surface area contributed by atoms with Crippen LogP contribution in [0.4, 0.5) is 0 Å². The Kier molecular flexibility index (Phi) is 54.0. The molecule has 9 nitrogen and oxygen atoms in total. The number of phosphoric acid groups is 1. The minimum absolute atomic E-state index is 0.0252. The summed E-state index contributed by atoms with van der Waals surface area (Å²) in [6.45, 7) is 4.30. The van der Waals surface area contributed by atoms with Gasteiger partial charge in [-0.25, -0.2) is 0 Å². The van der Waals surface area contributed by atoms with Crippen LogP contribution in [0.25, 0.3) is 0 Å². The zero-order valence-corrected chi connectivity index (χ0v) is 49.8. The molecule has 0 aromatic carbocycles. The molecular weight excluding hydrogens is 918 g/mol. The smallest absolute Gasteiger partial charge is 0.306 e. The molecule has 0 bridgehead atoms. The summed E-state index contributed by atoms with van der Waals surface area (Å²) in [6, 6.07) is 0. The number of esters is 2. The third kappa shape index (κ3) is 58.3. The predicted molar refractivity (Wildman–Crippen MR) is 305 cm³/mol. The van der Waals surface area contributed by atoms with E-state index in [0.29, 0.717) is 17.4 Å². The molecule has 0 aromatic rings. The van der Waals surface area contributed by atoms with Gasteiger partial charge in [0.05, 0.1) is 27.7 Å². The van der Waals surface area contributed by atoms with Gasteiger partial charge in [-0.15, -0.1) is 0 Å². The van der Waals surface area contributed by atoms with E-state index in [9.17, 15) is 19.0 Å². The van der Waals surface area contributed by atoms with Crippen molar-refractivity contribution in [2.45, 2.75) is 341 Å². The van der Waals surface area contributed by atoms with E-state index >= 15 is 0 Å². The number of hydrogen-bond donors (Lipinski definition) is 0. The lowest BCUT2D eigenvalue weighted by Gasteiger charge is -2.28. The van der Waals surface area contributed by atoms with Crippen LogP contribution in [0.3, 0.4) is 0 Å². The van der Waals surface area contributed by atoms with E-state index in [4.69, 9.17) is 18.5 Å². The topological polar surface area (TPSA) is 111 Å². The number of nitrogens with zero attached hydrogens (tertiary/aromatic N) is 1. The van der Waals surface area contributed by atoms with Crippen LogP contribution in [0, 0.1) is 0 Å². The van der Waals surface area contributed by atoms with Gasteiger partial charge in [0, 0.05) is 12.8 Å². The van der Waals surface area contributed by atoms with Crippen molar-refractivity contribution in [1.82, 2.24) is 0 Å². The molecule has 72 heavy (non-hydrogen) atoms. The number of hydrogen-bond acceptors (Lipinski definition) is 8. The SMILES string of the molecule is CCCCCCCCCCCCCCCCCCCCCCCCCCCCCCCCCCCCCC(=O)OC(COC(=O)CCCCCCCCCCCCCCC)COP(=O)([O-])OCC[N+](C)(C)C. The molecule has 0 aliphatic heterocycles. The minimum atomic E-state index is -4.63. The van der Waals surface area contributed by atoms with Crippen LogP contribution in [-0.2, 0) is 32.7 Å². The van der Waals surface area contributed by atoms with Crippen molar-refractivity contribution in [2.24, 2.45) is 0 Å². The average Bonchev–Trinajstić information content (AvgIpc) is 3.34. The molecule has 0 fully saturated rings. The summed E-state index contributed by atoms with van der Waals surface area (Å²) in [5.41, 5.74) is 0. The third-order valence-electron chi connectivity index (χ3n) is 14.6. The summed E-state index contributed by atoms with van der Waals surface area (Å²) in [5.74, 6) is -0.811. The maximum absolute atomic E-state index is 12.8. The Morgan fingerprint density at radius 3 is 0.889 bits per heavy atom. The summed E-state index contributed by atoms with van der Waals surface area (Å²) < 4.78 is 34.2. The van der Waals surface area contributed by atoms with Crippen molar-refractivity contribution < 1.29 is 42.1 Å². The van der Waals surface area contributed by atoms with Gasteiger partial charge in [0.25, 0.3) is 7.82 Å². The van der Waals surface area contributed by atoms with Crippen LogP contribution in [0.1, 0.15) is 335 Å². The Labute approximate surface area is 448 Å². The molecule has 0 spiro atoms. The molecule has 0 amide bonds. The van der Waals surface area contributed by atoms with Gasteiger partial charge in [0.1, 0.15) is 19.8 Å². The molecular formula is C62H124NO8P. The zero-order chi connectivity index (χ0) is 52.7. The number of carbonyl (C=O) groups is 2. The van der Waals surface area contributed by atoms with E-state index in [1.165, 1.54) is 270 Å². The van der Waals surface area contributed by atoms with E-state index in [2.05, 4.69) is 13.8 Å². The molecule has 0 heterocycles. The highest BCUT2D eigenvalue weighted by atomic mass is 31.2. The van der Waals surface area contributed by atoms with Gasteiger partial charge >= 0.3 is 11.9 Å². The lowest BCUT2D eigenvalue weighted by molar-refractivity contribution is -0.870. The van der Waals surface area contributed by atoms with Crippen molar-refractivity contribution in [3.05, 3.63) is 0 Å². The second kappa shape index (κ2) is 54.8. The maximum atomic E-state index is 12.8. The highest BCUT2D eigenvalue weighted by Crippen LogP contribution is 2.38. The zero-order valence-electron chi connectivity index (χ0n) is 48.9. The molecule has 0 radical (unpaired) electrons. The number of carbonyl (C=O) groups excluding carboxylic acids is 2. The number of quaternary nitrogens is 1. The number of phosphoric ester groups is 1. The summed E-state index contributed by atoms with van der Waals surface area (Å²) >= 11 is 0. The first-order chi connectivity index (χ1) is 35.0. The summed E-state index contributed by atoms with van der Waals surface area (Å²) in [5, 5.41) is 0. The van der Waals surface area contributed by atoms with E-state index in [1.807, 2.05) is 21.1 Å². The van der Waals surface area contributed by atoms with Gasteiger partial charge in [0.2, 0.25) is 0 Å². The van der Waals surface area contributed by atoms with Crippen molar-refractivity contribution >= 4 is 19.8 Å². The predicted octanol–water partition coefficient (Wildman–Crippen LogP) is 19.2. The lowest BCUT2D eigenvalue weighted by atomic mass is 10.0. The van der Waals surface area contributed by atoms with Crippen LogP contribution in [0.15, 0.2) is 0 Å². The highest BCUT2D eigenvalue weighted by Gasteiger charge is 2.22. The fraction of sp³-hybridized carbons (Fsp3) is 0.968. The highest BCUT2D eigenvalue weighted by molar-refractivity contribution is 7.45. The van der Waals surface area contributed by atoms with E-state index < -0.39 is 26.5 Å². The summed E-state index contributed by atoms with van der Waals surface area (Å²) in [6.07, 6.45) is 63.3. The first-order valence-electron chi connectivity index (χ1n) is 31.7. The van der Waals surface area contributed by atoms with Crippen LogP contribution < -0.4 is 4.89 Å². The summed E-state index contributed by atoms with van der Waals surface area (Å²) in [4.78, 5) is 37.8. The third-order valence-corrected chi connectivity index (χ3v) is 15.6. The fourth-order valence-electron chi connectivity index (χ4n) is 9.72. The summed E-state index contributed by atoms with van der Waals surface area (Å²) in [7, 11) is 1.19. The molecule has 0 N–H and O–H groups in total. The van der Waals surface area contributed by atoms with Gasteiger partial charge in [-0.3, -0.25) is 14.2 Å². The molecule has 0 aromatic heterocycles. The number of rotatable bonds is 60. The van der Waals surface area contributed by atoms with Crippen LogP contribution in [0.2, 0.25) is 0 Å². The quantitative estimate of drug-likeness (QED) is 0.0256. The maximum Gasteiger partial charge on any atom is 0.306 e. The Balaban J connectivity index is 3.88. The van der Waals surface area contributed by atoms with Crippen LogP contribution in [-0.4, -0.2) is 70.0 Å². The van der Waals surface area contributed by atoms with E-state index in [0.717, 1.165) is 32.1 Å². The van der Waals surface area contributed by atoms with E-state index in [1.54, 1.807) is 0 Å². The Bertz CT molecular complexity index is 1180. The molecule has 0 aliphatic carbocycles.